The molecule has 1 aliphatic heterocycles. The maximum Gasteiger partial charge on any atom is 0.292 e. The highest BCUT2D eigenvalue weighted by Crippen LogP contribution is 2.33. The minimum absolute atomic E-state index is 0.0997. The largest absolute Gasteiger partial charge is 0.496 e. The zero-order valence-electron chi connectivity index (χ0n) is 14.4. The van der Waals surface area contributed by atoms with E-state index in [4.69, 9.17) is 4.74 Å². The van der Waals surface area contributed by atoms with E-state index in [0.29, 0.717) is 12.2 Å². The number of likely N-dealkylation sites (tertiary alicyclic amines) is 1. The maximum absolute atomic E-state index is 11.2. The van der Waals surface area contributed by atoms with Crippen LogP contribution in [0.25, 0.3) is 0 Å². The molecule has 6 nitrogen and oxygen atoms in total. The summed E-state index contributed by atoms with van der Waals surface area (Å²) >= 11 is 0. The number of ether oxygens (including phenoxy) is 1. The van der Waals surface area contributed by atoms with Gasteiger partial charge in [-0.2, -0.15) is 0 Å². The van der Waals surface area contributed by atoms with Crippen LogP contribution in [0.3, 0.4) is 0 Å². The Hall–Kier alpha value is -2.60. The van der Waals surface area contributed by atoms with Crippen molar-refractivity contribution in [1.82, 2.24) is 4.90 Å². The Morgan fingerprint density at radius 1 is 1.16 bits per heavy atom. The van der Waals surface area contributed by atoms with Crippen LogP contribution in [0.1, 0.15) is 24.4 Å². The molecular formula is C19H23N3O3. The summed E-state index contributed by atoms with van der Waals surface area (Å²) in [5.41, 5.74) is 1.76. The molecule has 1 saturated heterocycles. The van der Waals surface area contributed by atoms with Gasteiger partial charge in [-0.05, 0) is 38.1 Å². The highest BCUT2D eigenvalue weighted by molar-refractivity contribution is 5.61. The Balaban J connectivity index is 1.85. The van der Waals surface area contributed by atoms with Gasteiger partial charge >= 0.3 is 0 Å². The zero-order valence-corrected chi connectivity index (χ0v) is 14.4. The van der Waals surface area contributed by atoms with Crippen LogP contribution < -0.4 is 10.1 Å². The van der Waals surface area contributed by atoms with Crippen molar-refractivity contribution < 1.29 is 9.66 Å². The molecular weight excluding hydrogens is 318 g/mol. The van der Waals surface area contributed by atoms with Crippen molar-refractivity contribution in [2.45, 2.75) is 18.9 Å². The predicted molar refractivity (Wildman–Crippen MR) is 98.1 cm³/mol. The van der Waals surface area contributed by atoms with E-state index in [-0.39, 0.29) is 16.7 Å². The average molecular weight is 341 g/mol. The molecule has 132 valence electrons. The first-order chi connectivity index (χ1) is 12.2. The Morgan fingerprint density at radius 3 is 2.56 bits per heavy atom. The van der Waals surface area contributed by atoms with Crippen LogP contribution in [0, 0.1) is 10.1 Å². The van der Waals surface area contributed by atoms with E-state index in [1.54, 1.807) is 19.2 Å². The van der Waals surface area contributed by atoms with Crippen LogP contribution >= 0.6 is 0 Å². The Bertz CT molecular complexity index is 729. The lowest BCUT2D eigenvalue weighted by Crippen LogP contribution is -2.31. The summed E-state index contributed by atoms with van der Waals surface area (Å²) in [5, 5.41) is 14.5. The number of nitro benzene ring substituents is 1. The van der Waals surface area contributed by atoms with E-state index in [2.05, 4.69) is 16.3 Å². The molecule has 0 radical (unpaired) electrons. The van der Waals surface area contributed by atoms with Crippen LogP contribution in [-0.2, 0) is 0 Å². The van der Waals surface area contributed by atoms with Crippen molar-refractivity contribution in [1.29, 1.82) is 0 Å². The third-order valence-corrected chi connectivity index (χ3v) is 4.67. The summed E-state index contributed by atoms with van der Waals surface area (Å²) < 4.78 is 5.54. The van der Waals surface area contributed by atoms with Crippen molar-refractivity contribution in [2.24, 2.45) is 0 Å². The molecule has 0 aromatic heterocycles. The third-order valence-electron chi connectivity index (χ3n) is 4.67. The Kier molecular flexibility index (Phi) is 5.50. The second-order valence-electron chi connectivity index (χ2n) is 6.16. The van der Waals surface area contributed by atoms with Gasteiger partial charge in [0, 0.05) is 18.2 Å². The average Bonchev–Trinajstić information content (AvgIpc) is 3.17. The lowest BCUT2D eigenvalue weighted by atomic mass is 10.0. The molecule has 1 heterocycles. The molecule has 2 aromatic carbocycles. The molecule has 0 spiro atoms. The topological polar surface area (TPSA) is 67.6 Å². The zero-order chi connectivity index (χ0) is 17.6. The molecule has 1 N–H and O–H groups in total. The van der Waals surface area contributed by atoms with Gasteiger partial charge in [-0.1, -0.05) is 30.3 Å². The van der Waals surface area contributed by atoms with Gasteiger partial charge in [0.2, 0.25) is 0 Å². The van der Waals surface area contributed by atoms with Gasteiger partial charge in [-0.3, -0.25) is 15.0 Å². The van der Waals surface area contributed by atoms with Crippen LogP contribution in [0.2, 0.25) is 0 Å². The first kappa shape index (κ1) is 17.2. The van der Waals surface area contributed by atoms with E-state index >= 15 is 0 Å². The van der Waals surface area contributed by atoms with E-state index in [0.717, 1.165) is 24.4 Å². The monoisotopic (exact) mass is 341 g/mol. The molecule has 25 heavy (non-hydrogen) atoms. The van der Waals surface area contributed by atoms with Gasteiger partial charge in [-0.25, -0.2) is 0 Å². The number of nitrogens with zero attached hydrogens (tertiary/aromatic N) is 2. The first-order valence-electron chi connectivity index (χ1n) is 8.55. The molecule has 3 rings (SSSR count). The van der Waals surface area contributed by atoms with Gasteiger partial charge in [0.05, 0.1) is 18.1 Å². The van der Waals surface area contributed by atoms with E-state index < -0.39 is 0 Å². The number of hydrogen-bond donors (Lipinski definition) is 1. The van der Waals surface area contributed by atoms with Crippen molar-refractivity contribution >= 4 is 11.4 Å². The summed E-state index contributed by atoms with van der Waals surface area (Å²) in [7, 11) is 1.68. The van der Waals surface area contributed by atoms with Crippen molar-refractivity contribution in [3.8, 4) is 5.75 Å². The number of hydrogen-bond acceptors (Lipinski definition) is 5. The Morgan fingerprint density at radius 2 is 1.84 bits per heavy atom. The summed E-state index contributed by atoms with van der Waals surface area (Å²) in [5.74, 6) is 0.851. The highest BCUT2D eigenvalue weighted by Gasteiger charge is 2.26. The minimum atomic E-state index is -0.351. The number of para-hydroxylation sites is 3. The second-order valence-corrected chi connectivity index (χ2v) is 6.16. The fourth-order valence-electron chi connectivity index (χ4n) is 3.42. The van der Waals surface area contributed by atoms with Gasteiger partial charge < -0.3 is 10.1 Å². The second kappa shape index (κ2) is 7.98. The highest BCUT2D eigenvalue weighted by atomic mass is 16.6. The van der Waals surface area contributed by atoms with Crippen LogP contribution in [0.4, 0.5) is 11.4 Å². The van der Waals surface area contributed by atoms with Crippen LogP contribution in [-0.4, -0.2) is 36.6 Å². The lowest BCUT2D eigenvalue weighted by molar-refractivity contribution is -0.384. The van der Waals surface area contributed by atoms with Gasteiger partial charge in [0.25, 0.3) is 5.69 Å². The molecule has 2 aromatic rings. The molecule has 0 amide bonds. The minimum Gasteiger partial charge on any atom is -0.496 e. The number of anilines is 1. The third kappa shape index (κ3) is 3.91. The number of rotatable bonds is 7. The lowest BCUT2D eigenvalue weighted by Gasteiger charge is -2.29. The fraction of sp³-hybridized carbons (Fsp3) is 0.368. The number of nitrogens with one attached hydrogen (secondary N) is 1. The number of methoxy groups -OCH3 is 1. The predicted octanol–water partition coefficient (Wildman–Crippen LogP) is 3.85. The van der Waals surface area contributed by atoms with Crippen molar-refractivity contribution in [3.05, 3.63) is 64.2 Å². The van der Waals surface area contributed by atoms with Gasteiger partial charge in [0.15, 0.2) is 0 Å². The molecule has 1 aliphatic rings. The van der Waals surface area contributed by atoms with Crippen LogP contribution in [0.5, 0.6) is 5.75 Å². The normalized spacial score (nSPS) is 15.7. The van der Waals surface area contributed by atoms with Gasteiger partial charge in [-0.15, -0.1) is 0 Å². The SMILES string of the molecule is COc1ccccc1C(CNc1ccccc1[N+](=O)[O-])N1CCCC1. The number of benzene rings is 2. The molecule has 0 bridgehead atoms. The molecule has 6 heteroatoms. The van der Waals surface area contributed by atoms with E-state index in [1.165, 1.54) is 18.9 Å². The van der Waals surface area contributed by atoms with E-state index in [1.807, 2.05) is 24.3 Å². The number of nitro groups is 1. The van der Waals surface area contributed by atoms with Crippen LogP contribution in [0.15, 0.2) is 48.5 Å². The fourth-order valence-corrected chi connectivity index (χ4v) is 3.42. The molecule has 1 fully saturated rings. The maximum atomic E-state index is 11.2. The standard InChI is InChI=1S/C19H23N3O3/c1-25-19-11-5-2-8-15(19)18(21-12-6-7-13-21)14-20-16-9-3-4-10-17(16)22(23)24/h2-5,8-11,18,20H,6-7,12-14H2,1H3. The van der Waals surface area contributed by atoms with Crippen molar-refractivity contribution in [3.63, 3.8) is 0 Å². The molecule has 1 unspecified atom stereocenters. The quantitative estimate of drug-likeness (QED) is 0.612. The smallest absolute Gasteiger partial charge is 0.292 e. The molecule has 0 saturated carbocycles. The summed E-state index contributed by atoms with van der Waals surface area (Å²) in [6.45, 7) is 2.65. The summed E-state index contributed by atoms with van der Waals surface area (Å²) in [4.78, 5) is 13.3. The first-order valence-corrected chi connectivity index (χ1v) is 8.55. The van der Waals surface area contributed by atoms with E-state index in [9.17, 15) is 10.1 Å². The van der Waals surface area contributed by atoms with Crippen molar-refractivity contribution in [2.75, 3.05) is 32.1 Å². The summed E-state index contributed by atoms with van der Waals surface area (Å²) in [6.07, 6.45) is 2.36. The summed E-state index contributed by atoms with van der Waals surface area (Å²) in [6, 6.07) is 14.9. The Labute approximate surface area is 147 Å². The van der Waals surface area contributed by atoms with Gasteiger partial charge in [0.1, 0.15) is 11.4 Å². The molecule has 0 aliphatic carbocycles. The molecule has 1 atom stereocenters.